The largest absolute Gasteiger partial charge is 0.482 e. The third kappa shape index (κ3) is 1.98. The van der Waals surface area contributed by atoms with Crippen LogP contribution >= 0.6 is 0 Å². The number of halogens is 3. The first-order valence-electron chi connectivity index (χ1n) is 4.26. The number of hydrogen-bond donors (Lipinski definition) is 0. The summed E-state index contributed by atoms with van der Waals surface area (Å²) < 4.78 is 41.1. The second-order valence-corrected chi connectivity index (χ2v) is 3.34. The Hall–Kier alpha value is -0.675. The minimum absolute atomic E-state index is 0.139. The third-order valence-corrected chi connectivity index (χ3v) is 2.44. The summed E-state index contributed by atoms with van der Waals surface area (Å²) in [6, 6.07) is 0. The van der Waals surface area contributed by atoms with E-state index in [1.807, 2.05) is 0 Å². The summed E-state index contributed by atoms with van der Waals surface area (Å²) in [6.07, 6.45) is 0. The van der Waals surface area contributed by atoms with Crippen LogP contribution in [0.4, 0.5) is 12.9 Å². The van der Waals surface area contributed by atoms with E-state index in [1.165, 1.54) is 6.92 Å². The van der Waals surface area contributed by atoms with Crippen molar-refractivity contribution in [2.75, 3.05) is 6.61 Å². The van der Waals surface area contributed by atoms with Crippen molar-refractivity contribution in [3.05, 3.63) is 0 Å². The van der Waals surface area contributed by atoms with E-state index < -0.39 is 30.6 Å². The molecule has 0 N–H and O–H groups in total. The van der Waals surface area contributed by atoms with Gasteiger partial charge in [-0.1, -0.05) is 18.7 Å². The fourth-order valence-electron chi connectivity index (χ4n) is 1.68. The number of rotatable bonds is 3. The zero-order valence-corrected chi connectivity index (χ0v) is 7.47. The average Bonchev–Trinajstić information content (AvgIpc) is 2.60. The Kier molecular flexibility index (Phi) is 2.59. The Morgan fingerprint density at radius 2 is 2.00 bits per heavy atom. The molecule has 1 rings (SSSR count). The van der Waals surface area contributed by atoms with Gasteiger partial charge in [0.2, 0.25) is 0 Å². The molecule has 1 saturated carbocycles. The van der Waals surface area contributed by atoms with Crippen LogP contribution in [0.1, 0.15) is 13.8 Å². The molecule has 3 atom stereocenters. The van der Waals surface area contributed by atoms with E-state index in [9.17, 15) is 17.7 Å². The van der Waals surface area contributed by atoms with Crippen LogP contribution in [0, 0.1) is 11.8 Å². The van der Waals surface area contributed by atoms with Gasteiger partial charge in [0.1, 0.15) is 0 Å². The molecule has 0 saturated heterocycles. The number of carbonyl (C=O) groups excluding carboxylic acids is 1. The molecule has 0 aliphatic heterocycles. The van der Waals surface area contributed by atoms with Gasteiger partial charge in [-0.05, 0) is 6.92 Å². The third-order valence-electron chi connectivity index (χ3n) is 2.44. The lowest BCUT2D eigenvalue weighted by molar-refractivity contribution is -0.145. The summed E-state index contributed by atoms with van der Waals surface area (Å²) in [4.78, 5) is 11.0. The van der Waals surface area contributed by atoms with Gasteiger partial charge >= 0.3 is 12.9 Å². The Labute approximate surface area is 74.5 Å². The predicted octanol–water partition coefficient (Wildman–Crippen LogP) is 2.03. The van der Waals surface area contributed by atoms with E-state index in [-0.39, 0.29) is 6.61 Å². The molecule has 0 unspecified atom stereocenters. The second kappa shape index (κ2) is 3.23. The fraction of sp³-hybridized carbons (Fsp3) is 0.857. The molecule has 0 aromatic rings. The van der Waals surface area contributed by atoms with Crippen LogP contribution in [0.15, 0.2) is 0 Å². The number of ether oxygens (including phenoxy) is 1. The van der Waals surface area contributed by atoms with E-state index in [1.54, 1.807) is 6.92 Å². The molecule has 0 bridgehead atoms. The smallest absolute Gasteiger partial charge is 0.466 e. The number of carbonyl (C=O) groups is 1. The molecule has 0 spiro atoms. The molecular formula is C7H11BF3O2-. The van der Waals surface area contributed by atoms with Gasteiger partial charge in [0.05, 0.1) is 6.61 Å². The van der Waals surface area contributed by atoms with Crippen molar-refractivity contribution in [1.82, 2.24) is 0 Å². The Bertz CT molecular complexity index is 216. The topological polar surface area (TPSA) is 26.3 Å². The van der Waals surface area contributed by atoms with E-state index >= 15 is 0 Å². The maximum atomic E-state index is 12.2. The van der Waals surface area contributed by atoms with E-state index in [0.29, 0.717) is 0 Å². The van der Waals surface area contributed by atoms with E-state index in [0.717, 1.165) is 0 Å². The number of hydrogen-bond acceptors (Lipinski definition) is 2. The standard InChI is InChI=1S/C7H11BF3O2/c1-3-13-7(12)5-4(2)6(5)8(9,10)11/h4-6H,3H2,1-2H3/q-1/t4-,5+,6+/m0/s1. The van der Waals surface area contributed by atoms with Gasteiger partial charge in [-0.3, -0.25) is 4.79 Å². The van der Waals surface area contributed by atoms with Crippen LogP contribution in [0.25, 0.3) is 0 Å². The average molecular weight is 195 g/mol. The summed E-state index contributed by atoms with van der Waals surface area (Å²) >= 11 is 0. The highest BCUT2D eigenvalue weighted by Gasteiger charge is 2.61. The van der Waals surface area contributed by atoms with Gasteiger partial charge in [-0.15, -0.1) is 0 Å². The first-order chi connectivity index (χ1) is 5.89. The number of esters is 1. The second-order valence-electron chi connectivity index (χ2n) is 3.34. The lowest BCUT2D eigenvalue weighted by Crippen LogP contribution is -2.19. The highest BCUT2D eigenvalue weighted by atomic mass is 19.4. The Morgan fingerprint density at radius 3 is 2.31 bits per heavy atom. The van der Waals surface area contributed by atoms with Gasteiger partial charge in [0, 0.05) is 5.92 Å². The molecule has 0 aromatic heterocycles. The summed E-state index contributed by atoms with van der Waals surface area (Å²) in [6.45, 7) is -1.73. The first-order valence-corrected chi connectivity index (χ1v) is 4.26. The van der Waals surface area contributed by atoms with Crippen molar-refractivity contribution in [1.29, 1.82) is 0 Å². The van der Waals surface area contributed by atoms with Gasteiger partial charge < -0.3 is 17.7 Å². The summed E-state index contributed by atoms with van der Waals surface area (Å²) in [5.74, 6) is -3.68. The van der Waals surface area contributed by atoms with Crippen LogP contribution < -0.4 is 0 Å². The van der Waals surface area contributed by atoms with Crippen LogP contribution in [-0.4, -0.2) is 19.6 Å². The van der Waals surface area contributed by atoms with Gasteiger partial charge in [0.25, 0.3) is 0 Å². The van der Waals surface area contributed by atoms with E-state index in [4.69, 9.17) is 0 Å². The molecule has 76 valence electrons. The monoisotopic (exact) mass is 195 g/mol. The normalized spacial score (nSPS) is 32.8. The van der Waals surface area contributed by atoms with Crippen LogP contribution in [0.2, 0.25) is 5.82 Å². The molecule has 0 amide bonds. The first kappa shape index (κ1) is 10.4. The Morgan fingerprint density at radius 1 is 1.46 bits per heavy atom. The van der Waals surface area contributed by atoms with Gasteiger partial charge in [-0.2, -0.15) is 0 Å². The molecule has 0 heterocycles. The van der Waals surface area contributed by atoms with Gasteiger partial charge in [0.15, 0.2) is 0 Å². The molecular weight excluding hydrogens is 184 g/mol. The maximum absolute atomic E-state index is 12.2. The minimum Gasteiger partial charge on any atom is -0.466 e. The van der Waals surface area contributed by atoms with Crippen molar-refractivity contribution in [3.8, 4) is 0 Å². The molecule has 13 heavy (non-hydrogen) atoms. The predicted molar refractivity (Wildman–Crippen MR) is 42.1 cm³/mol. The Balaban J connectivity index is 2.53. The van der Waals surface area contributed by atoms with Crippen molar-refractivity contribution in [2.24, 2.45) is 11.8 Å². The summed E-state index contributed by atoms with van der Waals surface area (Å²) in [7, 11) is 0. The molecule has 6 heteroatoms. The van der Waals surface area contributed by atoms with Crippen molar-refractivity contribution < 1.29 is 22.5 Å². The summed E-state index contributed by atoms with van der Waals surface area (Å²) in [5, 5.41) is 0. The van der Waals surface area contributed by atoms with Gasteiger partial charge in [-0.25, -0.2) is 0 Å². The quantitative estimate of drug-likeness (QED) is 0.508. The molecule has 0 aromatic carbocycles. The fourth-order valence-corrected chi connectivity index (χ4v) is 1.68. The summed E-state index contributed by atoms with van der Waals surface area (Å²) in [5.41, 5.74) is 0. The molecule has 0 radical (unpaired) electrons. The van der Waals surface area contributed by atoms with E-state index in [2.05, 4.69) is 4.74 Å². The molecule has 1 aliphatic carbocycles. The highest BCUT2D eigenvalue weighted by molar-refractivity contribution is 6.62. The zero-order chi connectivity index (χ0) is 10.2. The zero-order valence-electron chi connectivity index (χ0n) is 7.47. The van der Waals surface area contributed by atoms with Crippen LogP contribution in [0.3, 0.4) is 0 Å². The van der Waals surface area contributed by atoms with Crippen LogP contribution in [-0.2, 0) is 9.53 Å². The molecule has 2 nitrogen and oxygen atoms in total. The SMILES string of the molecule is CCOC(=O)[C@@H]1[C@H](C)[C@H]1[B-](F)(F)F. The highest BCUT2D eigenvalue weighted by Crippen LogP contribution is 2.59. The lowest BCUT2D eigenvalue weighted by atomic mass is 9.81. The van der Waals surface area contributed by atoms with Crippen molar-refractivity contribution in [2.45, 2.75) is 19.7 Å². The molecule has 1 aliphatic rings. The maximum Gasteiger partial charge on any atom is 0.482 e. The van der Waals surface area contributed by atoms with Crippen LogP contribution in [0.5, 0.6) is 0 Å². The lowest BCUT2D eigenvalue weighted by Gasteiger charge is -2.12. The minimum atomic E-state index is -4.89. The van der Waals surface area contributed by atoms with Crippen molar-refractivity contribution >= 4 is 12.9 Å². The molecule has 1 fully saturated rings. The van der Waals surface area contributed by atoms with Crippen molar-refractivity contribution in [3.63, 3.8) is 0 Å².